The highest BCUT2D eigenvalue weighted by molar-refractivity contribution is 7.81. The minimum atomic E-state index is -0.230. The second-order valence-electron chi connectivity index (χ2n) is 4.23. The Morgan fingerprint density at radius 2 is 1.75 bits per heavy atom. The van der Waals surface area contributed by atoms with Crippen LogP contribution >= 0.6 is 12.6 Å². The number of allylic oxidation sites excluding steroid dienone is 1. The Hall–Kier alpha value is -1.02. The van der Waals surface area contributed by atoms with Crippen molar-refractivity contribution in [3.05, 3.63) is 41.5 Å². The molecule has 1 aromatic rings. The lowest BCUT2D eigenvalue weighted by molar-refractivity contribution is -0.113. The molecular formula is C14H18OS. The van der Waals surface area contributed by atoms with E-state index in [1.807, 2.05) is 18.2 Å². The normalized spacial score (nSPS) is 13.3. The first-order chi connectivity index (χ1) is 7.50. The fourth-order valence-corrected chi connectivity index (χ4v) is 1.40. The fourth-order valence-electron chi connectivity index (χ4n) is 1.31. The molecule has 1 nitrogen and oxygen atoms in total. The number of benzene rings is 1. The van der Waals surface area contributed by atoms with Gasteiger partial charge in [0.05, 0.1) is 5.25 Å². The number of carbonyl (C=O) groups is 1. The molecule has 0 aliphatic carbocycles. The Bertz CT molecular complexity index is 374. The minimum absolute atomic E-state index is 0.0382. The largest absolute Gasteiger partial charge is 0.294 e. The smallest absolute Gasteiger partial charge is 0.168 e. The van der Waals surface area contributed by atoms with Gasteiger partial charge in [-0.1, -0.05) is 44.2 Å². The van der Waals surface area contributed by atoms with E-state index in [1.54, 1.807) is 13.0 Å². The molecule has 1 aromatic carbocycles. The zero-order chi connectivity index (χ0) is 12.1. The number of ketones is 1. The first kappa shape index (κ1) is 13.0. The molecule has 16 heavy (non-hydrogen) atoms. The summed E-state index contributed by atoms with van der Waals surface area (Å²) in [7, 11) is 0. The van der Waals surface area contributed by atoms with Crippen LogP contribution < -0.4 is 0 Å². The van der Waals surface area contributed by atoms with Gasteiger partial charge in [-0.25, -0.2) is 0 Å². The van der Waals surface area contributed by atoms with Crippen molar-refractivity contribution in [1.29, 1.82) is 0 Å². The summed E-state index contributed by atoms with van der Waals surface area (Å²) in [4.78, 5) is 11.3. The Labute approximate surface area is 103 Å². The van der Waals surface area contributed by atoms with Gasteiger partial charge in [-0.15, -0.1) is 0 Å². The van der Waals surface area contributed by atoms with Crippen molar-refractivity contribution in [2.24, 2.45) is 0 Å². The average molecular weight is 234 g/mol. The van der Waals surface area contributed by atoms with Crippen LogP contribution in [0.2, 0.25) is 0 Å². The third-order valence-electron chi connectivity index (χ3n) is 2.45. The molecule has 0 bridgehead atoms. The predicted molar refractivity (Wildman–Crippen MR) is 73.0 cm³/mol. The minimum Gasteiger partial charge on any atom is -0.294 e. The van der Waals surface area contributed by atoms with Crippen LogP contribution in [0.5, 0.6) is 0 Å². The number of thiol groups is 1. The van der Waals surface area contributed by atoms with Crippen molar-refractivity contribution in [2.75, 3.05) is 0 Å². The molecule has 0 amide bonds. The van der Waals surface area contributed by atoms with Gasteiger partial charge in [-0.05, 0) is 30.0 Å². The zero-order valence-electron chi connectivity index (χ0n) is 9.97. The van der Waals surface area contributed by atoms with Crippen molar-refractivity contribution >= 4 is 24.5 Å². The van der Waals surface area contributed by atoms with Crippen molar-refractivity contribution in [3.8, 4) is 0 Å². The van der Waals surface area contributed by atoms with Crippen molar-refractivity contribution < 1.29 is 4.79 Å². The van der Waals surface area contributed by atoms with Crippen LogP contribution in [-0.2, 0) is 4.79 Å². The molecule has 0 aliphatic rings. The first-order valence-electron chi connectivity index (χ1n) is 5.50. The van der Waals surface area contributed by atoms with Gasteiger partial charge in [0.2, 0.25) is 0 Å². The summed E-state index contributed by atoms with van der Waals surface area (Å²) in [5.74, 6) is 0.577. The maximum Gasteiger partial charge on any atom is 0.168 e. The quantitative estimate of drug-likeness (QED) is 0.621. The number of hydrogen-bond donors (Lipinski definition) is 1. The summed E-state index contributed by atoms with van der Waals surface area (Å²) in [6, 6.07) is 8.25. The van der Waals surface area contributed by atoms with Gasteiger partial charge >= 0.3 is 0 Å². The lowest BCUT2D eigenvalue weighted by atomic mass is 10.0. The van der Waals surface area contributed by atoms with Gasteiger partial charge in [0.15, 0.2) is 5.78 Å². The molecule has 0 radical (unpaired) electrons. The highest BCUT2D eigenvalue weighted by Crippen LogP contribution is 2.15. The standard InChI is InChI=1S/C14H18OS/c1-10(2)13-7-4-12(5-8-13)6-9-14(15)11(3)16/h4-11,16H,1-3H3/b9-6+. The number of hydrogen-bond acceptors (Lipinski definition) is 2. The van der Waals surface area contributed by atoms with Crippen LogP contribution in [0.1, 0.15) is 37.8 Å². The SMILES string of the molecule is CC(S)C(=O)/C=C/c1ccc(C(C)C)cc1. The second-order valence-corrected chi connectivity index (χ2v) is 5.01. The van der Waals surface area contributed by atoms with Crippen LogP contribution in [0, 0.1) is 0 Å². The first-order valence-corrected chi connectivity index (χ1v) is 6.02. The average Bonchev–Trinajstić information content (AvgIpc) is 2.26. The lowest BCUT2D eigenvalue weighted by Gasteiger charge is -2.04. The molecule has 0 aliphatic heterocycles. The Kier molecular flexibility index (Phi) is 4.81. The monoisotopic (exact) mass is 234 g/mol. The Morgan fingerprint density at radius 3 is 2.19 bits per heavy atom. The third kappa shape index (κ3) is 3.86. The molecule has 0 spiro atoms. The van der Waals surface area contributed by atoms with Crippen LogP contribution in [0.4, 0.5) is 0 Å². The summed E-state index contributed by atoms with van der Waals surface area (Å²) in [6.07, 6.45) is 3.42. The topological polar surface area (TPSA) is 17.1 Å². The van der Waals surface area contributed by atoms with E-state index in [9.17, 15) is 4.79 Å². The molecular weight excluding hydrogens is 216 g/mol. The molecule has 0 heterocycles. The van der Waals surface area contributed by atoms with E-state index in [-0.39, 0.29) is 11.0 Å². The summed E-state index contributed by atoms with van der Waals surface area (Å²) >= 11 is 4.08. The van der Waals surface area contributed by atoms with Gasteiger partial charge in [0, 0.05) is 0 Å². The lowest BCUT2D eigenvalue weighted by Crippen LogP contribution is -2.05. The van der Waals surface area contributed by atoms with Gasteiger partial charge in [0.25, 0.3) is 0 Å². The Morgan fingerprint density at radius 1 is 1.19 bits per heavy atom. The predicted octanol–water partition coefficient (Wildman–Crippen LogP) is 3.71. The summed E-state index contributed by atoms with van der Waals surface area (Å²) in [6.45, 7) is 6.10. The maximum atomic E-state index is 11.3. The van der Waals surface area contributed by atoms with Crippen LogP contribution in [0.25, 0.3) is 6.08 Å². The molecule has 0 N–H and O–H groups in total. The third-order valence-corrected chi connectivity index (χ3v) is 2.71. The second kappa shape index (κ2) is 5.90. The molecule has 0 saturated carbocycles. The van der Waals surface area contributed by atoms with Gasteiger partial charge in [0.1, 0.15) is 0 Å². The molecule has 0 fully saturated rings. The van der Waals surface area contributed by atoms with Gasteiger partial charge < -0.3 is 0 Å². The van der Waals surface area contributed by atoms with E-state index in [0.29, 0.717) is 5.92 Å². The summed E-state index contributed by atoms with van der Waals surface area (Å²) < 4.78 is 0. The molecule has 1 rings (SSSR count). The molecule has 2 heteroatoms. The highest BCUT2D eigenvalue weighted by Gasteiger charge is 2.02. The molecule has 86 valence electrons. The maximum absolute atomic E-state index is 11.3. The van der Waals surface area contributed by atoms with E-state index in [2.05, 4.69) is 38.6 Å². The van der Waals surface area contributed by atoms with E-state index in [4.69, 9.17) is 0 Å². The van der Waals surface area contributed by atoms with E-state index < -0.39 is 0 Å². The summed E-state index contributed by atoms with van der Waals surface area (Å²) in [5.41, 5.74) is 2.36. The van der Waals surface area contributed by atoms with Gasteiger partial charge in [-0.3, -0.25) is 4.79 Å². The van der Waals surface area contributed by atoms with Crippen molar-refractivity contribution in [1.82, 2.24) is 0 Å². The molecule has 0 aromatic heterocycles. The molecule has 1 unspecified atom stereocenters. The van der Waals surface area contributed by atoms with E-state index >= 15 is 0 Å². The van der Waals surface area contributed by atoms with Crippen LogP contribution in [0.3, 0.4) is 0 Å². The Balaban J connectivity index is 2.72. The zero-order valence-corrected chi connectivity index (χ0v) is 10.9. The van der Waals surface area contributed by atoms with Crippen LogP contribution in [0.15, 0.2) is 30.3 Å². The van der Waals surface area contributed by atoms with Crippen LogP contribution in [-0.4, -0.2) is 11.0 Å². The summed E-state index contributed by atoms with van der Waals surface area (Å²) in [5, 5.41) is -0.230. The molecule has 0 saturated heterocycles. The fraction of sp³-hybridized carbons (Fsp3) is 0.357. The number of rotatable bonds is 4. The van der Waals surface area contributed by atoms with E-state index in [0.717, 1.165) is 5.56 Å². The molecule has 1 atom stereocenters. The van der Waals surface area contributed by atoms with E-state index in [1.165, 1.54) is 5.56 Å². The number of carbonyl (C=O) groups excluding carboxylic acids is 1. The highest BCUT2D eigenvalue weighted by atomic mass is 32.1. The van der Waals surface area contributed by atoms with Gasteiger partial charge in [-0.2, -0.15) is 12.6 Å². The van der Waals surface area contributed by atoms with Crippen molar-refractivity contribution in [3.63, 3.8) is 0 Å². The van der Waals surface area contributed by atoms with Crippen molar-refractivity contribution in [2.45, 2.75) is 31.9 Å².